The van der Waals surface area contributed by atoms with Crippen molar-refractivity contribution in [3.8, 4) is 0 Å². The lowest BCUT2D eigenvalue weighted by Gasteiger charge is -2.07. The smallest absolute Gasteiger partial charge is 0.255 e. The van der Waals surface area contributed by atoms with Crippen molar-refractivity contribution in [3.63, 3.8) is 0 Å². The van der Waals surface area contributed by atoms with E-state index in [1.165, 1.54) is 5.56 Å². The molecule has 1 aromatic heterocycles. The molecule has 0 spiro atoms. The second-order valence-electron chi connectivity index (χ2n) is 4.79. The zero-order chi connectivity index (χ0) is 13.9. The van der Waals surface area contributed by atoms with Gasteiger partial charge in [0.1, 0.15) is 0 Å². The Kier molecular flexibility index (Phi) is 3.25. The molecule has 20 heavy (non-hydrogen) atoms. The number of carbonyl (C=O) groups excluding carboxylic acids is 1. The van der Waals surface area contributed by atoms with Gasteiger partial charge in [0.15, 0.2) is 0 Å². The van der Waals surface area contributed by atoms with Gasteiger partial charge in [0.05, 0.1) is 0 Å². The van der Waals surface area contributed by atoms with Crippen LogP contribution in [-0.2, 0) is 6.42 Å². The molecule has 3 heteroatoms. The number of aromatic nitrogens is 1. The third kappa shape index (κ3) is 2.43. The molecule has 1 amide bonds. The van der Waals surface area contributed by atoms with Crippen molar-refractivity contribution in [2.45, 2.75) is 13.3 Å². The molecule has 0 bridgehead atoms. The predicted octanol–water partition coefficient (Wildman–Crippen LogP) is 3.98. The zero-order valence-corrected chi connectivity index (χ0v) is 11.3. The number of fused-ring (bicyclic) bond motifs is 1. The summed E-state index contributed by atoms with van der Waals surface area (Å²) in [4.78, 5) is 15.4. The van der Waals surface area contributed by atoms with E-state index in [4.69, 9.17) is 0 Å². The van der Waals surface area contributed by atoms with Gasteiger partial charge in [-0.15, -0.1) is 0 Å². The highest BCUT2D eigenvalue weighted by Crippen LogP contribution is 2.17. The van der Waals surface area contributed by atoms with Crippen molar-refractivity contribution in [1.82, 2.24) is 4.98 Å². The van der Waals surface area contributed by atoms with Crippen molar-refractivity contribution in [2.24, 2.45) is 0 Å². The van der Waals surface area contributed by atoms with Gasteiger partial charge < -0.3 is 10.3 Å². The third-order valence-electron chi connectivity index (χ3n) is 3.41. The summed E-state index contributed by atoms with van der Waals surface area (Å²) in [6.07, 6.45) is 2.83. The van der Waals surface area contributed by atoms with E-state index in [-0.39, 0.29) is 5.91 Å². The number of H-pyrrole nitrogens is 1. The summed E-state index contributed by atoms with van der Waals surface area (Å²) in [6.45, 7) is 2.10. The van der Waals surface area contributed by atoms with Gasteiger partial charge in [-0.2, -0.15) is 0 Å². The number of aromatic amines is 1. The minimum atomic E-state index is -0.0821. The Bertz CT molecular complexity index is 758. The van der Waals surface area contributed by atoms with Crippen LogP contribution < -0.4 is 5.32 Å². The van der Waals surface area contributed by atoms with Crippen molar-refractivity contribution in [1.29, 1.82) is 0 Å². The fraction of sp³-hybridized carbons (Fsp3) is 0.118. The van der Waals surface area contributed by atoms with E-state index in [1.807, 2.05) is 48.7 Å². The standard InChI is InChI=1S/C17H16N2O/c1-2-12-4-3-5-15(10-12)19-17(20)14-6-7-16-13(11-14)8-9-18-16/h3-11,18H,2H2,1H3,(H,19,20). The number of hydrogen-bond donors (Lipinski definition) is 2. The van der Waals surface area contributed by atoms with Gasteiger partial charge in [-0.3, -0.25) is 4.79 Å². The first-order valence-electron chi connectivity index (χ1n) is 6.73. The molecule has 100 valence electrons. The summed E-state index contributed by atoms with van der Waals surface area (Å²) in [5.41, 5.74) is 3.75. The van der Waals surface area contributed by atoms with E-state index in [0.29, 0.717) is 5.56 Å². The largest absolute Gasteiger partial charge is 0.361 e. The van der Waals surface area contributed by atoms with Crippen LogP contribution in [0, 0.1) is 0 Å². The van der Waals surface area contributed by atoms with E-state index >= 15 is 0 Å². The SMILES string of the molecule is CCc1cccc(NC(=O)c2ccc3[nH]ccc3c2)c1. The fourth-order valence-electron chi connectivity index (χ4n) is 2.27. The van der Waals surface area contributed by atoms with Gasteiger partial charge in [-0.1, -0.05) is 19.1 Å². The Morgan fingerprint density at radius 3 is 2.90 bits per heavy atom. The number of hydrogen-bond acceptors (Lipinski definition) is 1. The molecule has 0 fully saturated rings. The first kappa shape index (κ1) is 12.5. The van der Waals surface area contributed by atoms with Crippen LogP contribution in [0.15, 0.2) is 54.7 Å². The predicted molar refractivity (Wildman–Crippen MR) is 82.1 cm³/mol. The van der Waals surface area contributed by atoms with Crippen LogP contribution in [0.4, 0.5) is 5.69 Å². The lowest BCUT2D eigenvalue weighted by Crippen LogP contribution is -2.11. The van der Waals surface area contributed by atoms with Crippen LogP contribution in [-0.4, -0.2) is 10.9 Å². The molecule has 2 aromatic carbocycles. The molecule has 0 saturated heterocycles. The Morgan fingerprint density at radius 1 is 1.15 bits per heavy atom. The summed E-state index contributed by atoms with van der Waals surface area (Å²) in [5, 5.41) is 3.98. The second-order valence-corrected chi connectivity index (χ2v) is 4.79. The molecule has 0 radical (unpaired) electrons. The van der Waals surface area contributed by atoms with Crippen molar-refractivity contribution < 1.29 is 4.79 Å². The second kappa shape index (κ2) is 5.21. The highest BCUT2D eigenvalue weighted by Gasteiger charge is 2.07. The fourth-order valence-corrected chi connectivity index (χ4v) is 2.27. The minimum absolute atomic E-state index is 0.0821. The maximum Gasteiger partial charge on any atom is 0.255 e. The molecule has 0 aliphatic heterocycles. The average molecular weight is 264 g/mol. The summed E-state index contributed by atoms with van der Waals surface area (Å²) < 4.78 is 0. The van der Waals surface area contributed by atoms with E-state index in [0.717, 1.165) is 23.0 Å². The Balaban J connectivity index is 1.84. The van der Waals surface area contributed by atoms with E-state index < -0.39 is 0 Å². The topological polar surface area (TPSA) is 44.9 Å². The molecule has 0 aliphatic rings. The van der Waals surface area contributed by atoms with E-state index in [9.17, 15) is 4.79 Å². The lowest BCUT2D eigenvalue weighted by molar-refractivity contribution is 0.102. The molecular formula is C17H16N2O. The molecule has 1 heterocycles. The van der Waals surface area contributed by atoms with Crippen LogP contribution in [0.1, 0.15) is 22.8 Å². The van der Waals surface area contributed by atoms with E-state index in [1.54, 1.807) is 0 Å². The molecule has 3 rings (SSSR count). The molecule has 0 unspecified atom stereocenters. The van der Waals surface area contributed by atoms with Gasteiger partial charge in [0.25, 0.3) is 5.91 Å². The minimum Gasteiger partial charge on any atom is -0.361 e. The maximum absolute atomic E-state index is 12.3. The Labute approximate surface area is 117 Å². The Morgan fingerprint density at radius 2 is 2.05 bits per heavy atom. The average Bonchev–Trinajstić information content (AvgIpc) is 2.94. The highest BCUT2D eigenvalue weighted by molar-refractivity contribution is 6.06. The van der Waals surface area contributed by atoms with Gasteiger partial charge >= 0.3 is 0 Å². The molecule has 0 saturated carbocycles. The maximum atomic E-state index is 12.3. The van der Waals surface area contributed by atoms with Crippen LogP contribution in [0.5, 0.6) is 0 Å². The first-order chi connectivity index (χ1) is 9.76. The molecule has 3 nitrogen and oxygen atoms in total. The third-order valence-corrected chi connectivity index (χ3v) is 3.41. The summed E-state index contributed by atoms with van der Waals surface area (Å²) in [5.74, 6) is -0.0821. The van der Waals surface area contributed by atoms with E-state index in [2.05, 4.69) is 23.3 Å². The monoisotopic (exact) mass is 264 g/mol. The normalized spacial score (nSPS) is 10.7. The van der Waals surface area contributed by atoms with Gasteiger partial charge in [0.2, 0.25) is 0 Å². The summed E-state index contributed by atoms with van der Waals surface area (Å²) >= 11 is 0. The van der Waals surface area contributed by atoms with Crippen molar-refractivity contribution >= 4 is 22.5 Å². The van der Waals surface area contributed by atoms with Crippen molar-refractivity contribution in [2.75, 3.05) is 5.32 Å². The van der Waals surface area contributed by atoms with Gasteiger partial charge in [-0.25, -0.2) is 0 Å². The van der Waals surface area contributed by atoms with Gasteiger partial charge in [-0.05, 0) is 48.4 Å². The number of benzene rings is 2. The van der Waals surface area contributed by atoms with Crippen LogP contribution in [0.2, 0.25) is 0 Å². The number of aryl methyl sites for hydroxylation is 1. The molecular weight excluding hydrogens is 248 g/mol. The number of anilines is 1. The zero-order valence-electron chi connectivity index (χ0n) is 11.3. The highest BCUT2D eigenvalue weighted by atomic mass is 16.1. The quantitative estimate of drug-likeness (QED) is 0.738. The number of nitrogens with one attached hydrogen (secondary N) is 2. The molecule has 0 aliphatic carbocycles. The number of carbonyl (C=O) groups is 1. The van der Waals surface area contributed by atoms with Crippen LogP contribution >= 0.6 is 0 Å². The Hall–Kier alpha value is -2.55. The first-order valence-corrected chi connectivity index (χ1v) is 6.73. The summed E-state index contributed by atoms with van der Waals surface area (Å²) in [7, 11) is 0. The lowest BCUT2D eigenvalue weighted by atomic mass is 10.1. The number of rotatable bonds is 3. The summed E-state index contributed by atoms with van der Waals surface area (Å²) in [6, 6.07) is 15.5. The van der Waals surface area contributed by atoms with Crippen molar-refractivity contribution in [3.05, 3.63) is 65.9 Å². The van der Waals surface area contributed by atoms with Crippen LogP contribution in [0.3, 0.4) is 0 Å². The number of amides is 1. The molecule has 2 N–H and O–H groups in total. The molecule has 0 atom stereocenters. The van der Waals surface area contributed by atoms with Gasteiger partial charge in [0, 0.05) is 28.4 Å². The van der Waals surface area contributed by atoms with Crippen LogP contribution in [0.25, 0.3) is 10.9 Å². The molecule has 3 aromatic rings.